The summed E-state index contributed by atoms with van der Waals surface area (Å²) in [7, 11) is -4.06. The third kappa shape index (κ3) is 7.66. The van der Waals surface area contributed by atoms with E-state index in [1.807, 2.05) is 0 Å². The first-order valence-corrected chi connectivity index (χ1v) is 10.3. The zero-order valence-electron chi connectivity index (χ0n) is 17.6. The number of benzene rings is 2. The Morgan fingerprint density at radius 1 is 1.00 bits per heavy atom. The molecule has 0 heterocycles. The summed E-state index contributed by atoms with van der Waals surface area (Å²) < 4.78 is 32.9. The summed E-state index contributed by atoms with van der Waals surface area (Å²) in [5.74, 6) is -2.23. The first-order valence-electron chi connectivity index (χ1n) is 8.84. The Morgan fingerprint density at radius 2 is 1.58 bits per heavy atom. The summed E-state index contributed by atoms with van der Waals surface area (Å²) in [5.41, 5.74) is -0.751. The third-order valence-corrected chi connectivity index (χ3v) is 5.15. The Morgan fingerprint density at radius 3 is 2.13 bits per heavy atom. The topological polar surface area (TPSA) is 139 Å². The van der Waals surface area contributed by atoms with Gasteiger partial charge in [-0.05, 0) is 57.2 Å². The van der Waals surface area contributed by atoms with Crippen LogP contribution in [0, 0.1) is 5.41 Å². The predicted octanol–water partition coefficient (Wildman–Crippen LogP) is -0.743. The second kappa shape index (κ2) is 10.8. The number of hydrogen-bond acceptors (Lipinski definition) is 6. The number of amides is 1. The van der Waals surface area contributed by atoms with Gasteiger partial charge in [-0.1, -0.05) is 12.1 Å². The van der Waals surface area contributed by atoms with Gasteiger partial charge in [0.05, 0.1) is 21.6 Å². The molecule has 0 atom stereocenters. The van der Waals surface area contributed by atoms with Crippen molar-refractivity contribution in [3.63, 3.8) is 0 Å². The monoisotopic (exact) mass is 457 g/mol. The minimum absolute atomic E-state index is 0. The number of esters is 1. The molecule has 0 saturated heterocycles. The van der Waals surface area contributed by atoms with Gasteiger partial charge in [0.15, 0.2) is 0 Å². The number of carbonyl (C=O) groups is 3. The van der Waals surface area contributed by atoms with Gasteiger partial charge < -0.3 is 15.2 Å². The number of carboxylic acids is 1. The van der Waals surface area contributed by atoms with Gasteiger partial charge in [-0.3, -0.25) is 19.1 Å². The molecule has 0 aliphatic carbocycles. The Kier molecular flexibility index (Phi) is 9.25. The standard InChI is InChI=1S/C20H22N2O7S.Na/c1-20(2,3)19(26)29-13-8-10-14(11-9-13)30(27,28)22-16-7-5-4-6-15(16)18(25)21-12-17(23)24;/h4-11,22H,12H2,1-3H3,(H,21,25)(H,23,24);/q;+1. The quantitative estimate of drug-likeness (QED) is 0.283. The maximum atomic E-state index is 12.7. The summed E-state index contributed by atoms with van der Waals surface area (Å²) >= 11 is 0. The van der Waals surface area contributed by atoms with E-state index in [-0.39, 0.29) is 51.5 Å². The Balaban J connectivity index is 0.00000480. The number of ether oxygens (including phenoxy) is 1. The third-order valence-electron chi connectivity index (χ3n) is 3.77. The van der Waals surface area contributed by atoms with Crippen molar-refractivity contribution in [2.75, 3.05) is 11.3 Å². The molecular formula is C20H22N2NaO7S+. The van der Waals surface area contributed by atoms with E-state index in [4.69, 9.17) is 9.84 Å². The average molecular weight is 457 g/mol. The van der Waals surface area contributed by atoms with Gasteiger partial charge in [0.1, 0.15) is 12.3 Å². The normalized spacial score (nSPS) is 11.1. The second-order valence-electron chi connectivity index (χ2n) is 7.34. The average Bonchev–Trinajstić information content (AvgIpc) is 2.66. The molecule has 1 amide bonds. The molecule has 0 saturated carbocycles. The molecule has 0 aromatic heterocycles. The first-order chi connectivity index (χ1) is 13.9. The molecule has 9 nitrogen and oxygen atoms in total. The van der Waals surface area contributed by atoms with E-state index in [2.05, 4.69) is 10.0 Å². The van der Waals surface area contributed by atoms with Crippen LogP contribution in [0.3, 0.4) is 0 Å². The number of nitrogens with one attached hydrogen (secondary N) is 2. The van der Waals surface area contributed by atoms with Crippen LogP contribution in [0.1, 0.15) is 31.1 Å². The smallest absolute Gasteiger partial charge is 0.480 e. The zero-order valence-corrected chi connectivity index (χ0v) is 20.4. The summed E-state index contributed by atoms with van der Waals surface area (Å²) in [5, 5.41) is 10.9. The van der Waals surface area contributed by atoms with Crippen LogP contribution >= 0.6 is 0 Å². The number of aliphatic carboxylic acids is 1. The summed E-state index contributed by atoms with van der Waals surface area (Å²) in [6.07, 6.45) is 0. The van der Waals surface area contributed by atoms with Crippen LogP contribution in [0.4, 0.5) is 5.69 Å². The molecule has 0 aliphatic heterocycles. The number of rotatable bonds is 7. The minimum Gasteiger partial charge on any atom is -0.480 e. The molecule has 3 N–H and O–H groups in total. The van der Waals surface area contributed by atoms with Gasteiger partial charge >= 0.3 is 41.5 Å². The maximum Gasteiger partial charge on any atom is 1.00 e. The Hall–Kier alpha value is -2.40. The molecule has 0 bridgehead atoms. The molecule has 0 unspecified atom stereocenters. The fourth-order valence-corrected chi connectivity index (χ4v) is 3.25. The number of carbonyl (C=O) groups excluding carboxylic acids is 2. The molecule has 11 heteroatoms. The van der Waals surface area contributed by atoms with Crippen molar-refractivity contribution in [2.45, 2.75) is 25.7 Å². The van der Waals surface area contributed by atoms with Crippen molar-refractivity contribution >= 4 is 33.6 Å². The van der Waals surface area contributed by atoms with Gasteiger partial charge in [0, 0.05) is 0 Å². The fraction of sp³-hybridized carbons (Fsp3) is 0.250. The van der Waals surface area contributed by atoms with Crippen LogP contribution < -0.4 is 44.3 Å². The molecule has 0 aliphatic rings. The van der Waals surface area contributed by atoms with Crippen molar-refractivity contribution in [1.82, 2.24) is 5.32 Å². The van der Waals surface area contributed by atoms with Crippen molar-refractivity contribution in [3.8, 4) is 5.75 Å². The van der Waals surface area contributed by atoms with E-state index < -0.39 is 39.8 Å². The Bertz CT molecular complexity index is 1060. The summed E-state index contributed by atoms with van der Waals surface area (Å²) in [6.45, 7) is 4.49. The second-order valence-corrected chi connectivity index (χ2v) is 9.02. The van der Waals surface area contributed by atoms with Gasteiger partial charge in [-0.25, -0.2) is 8.42 Å². The van der Waals surface area contributed by atoms with Crippen LogP contribution in [0.15, 0.2) is 53.4 Å². The van der Waals surface area contributed by atoms with E-state index in [0.717, 1.165) is 0 Å². The summed E-state index contributed by atoms with van der Waals surface area (Å²) in [6, 6.07) is 11.0. The first kappa shape index (κ1) is 26.6. The van der Waals surface area contributed by atoms with Crippen LogP contribution in [0.25, 0.3) is 0 Å². The van der Waals surface area contributed by atoms with Crippen molar-refractivity contribution < 1.29 is 62.2 Å². The maximum absolute atomic E-state index is 12.7. The SMILES string of the molecule is CC(C)(C)C(=O)Oc1ccc(S(=O)(=O)Nc2ccccc2C(=O)NCC(=O)O)cc1.[Na+]. The van der Waals surface area contributed by atoms with Gasteiger partial charge in [-0.15, -0.1) is 0 Å². The molecular weight excluding hydrogens is 435 g/mol. The molecule has 2 rings (SSSR count). The molecule has 0 radical (unpaired) electrons. The van der Waals surface area contributed by atoms with Crippen molar-refractivity contribution in [3.05, 3.63) is 54.1 Å². The fourth-order valence-electron chi connectivity index (χ4n) is 2.17. The summed E-state index contributed by atoms with van der Waals surface area (Å²) in [4.78, 5) is 34.6. The molecule has 31 heavy (non-hydrogen) atoms. The molecule has 0 spiro atoms. The molecule has 2 aromatic rings. The van der Waals surface area contributed by atoms with Crippen LogP contribution in [-0.4, -0.2) is 37.9 Å². The molecule has 0 fully saturated rings. The van der Waals surface area contributed by atoms with Gasteiger partial charge in [0.2, 0.25) is 0 Å². The number of sulfonamides is 1. The Labute approximate surface area is 202 Å². The largest absolute Gasteiger partial charge is 1.00 e. The molecule has 160 valence electrons. The van der Waals surface area contributed by atoms with Crippen molar-refractivity contribution in [2.24, 2.45) is 5.41 Å². The van der Waals surface area contributed by atoms with Crippen molar-refractivity contribution in [1.29, 1.82) is 0 Å². The number of para-hydroxylation sites is 1. The number of anilines is 1. The van der Waals surface area contributed by atoms with Gasteiger partial charge in [-0.2, -0.15) is 0 Å². The van der Waals surface area contributed by atoms with Crippen LogP contribution in [0.2, 0.25) is 0 Å². The van der Waals surface area contributed by atoms with E-state index in [9.17, 15) is 22.8 Å². The predicted molar refractivity (Wildman–Crippen MR) is 109 cm³/mol. The zero-order chi connectivity index (χ0) is 22.5. The molecule has 2 aromatic carbocycles. The van der Waals surface area contributed by atoms with E-state index in [1.54, 1.807) is 20.8 Å². The van der Waals surface area contributed by atoms with E-state index in [1.165, 1.54) is 48.5 Å². The van der Waals surface area contributed by atoms with Crippen LogP contribution in [-0.2, 0) is 19.6 Å². The van der Waals surface area contributed by atoms with E-state index >= 15 is 0 Å². The van der Waals surface area contributed by atoms with Crippen LogP contribution in [0.5, 0.6) is 5.75 Å². The minimum atomic E-state index is -4.06. The number of carboxylic acid groups (broad SMARTS) is 1. The van der Waals surface area contributed by atoms with Gasteiger partial charge in [0.25, 0.3) is 15.9 Å². The van der Waals surface area contributed by atoms with E-state index in [0.29, 0.717) is 0 Å². The number of hydrogen-bond donors (Lipinski definition) is 3.